The summed E-state index contributed by atoms with van der Waals surface area (Å²) in [6.45, 7) is 5.37. The second kappa shape index (κ2) is 7.24. The van der Waals surface area contributed by atoms with E-state index < -0.39 is 0 Å². The van der Waals surface area contributed by atoms with E-state index in [-0.39, 0.29) is 0 Å². The van der Waals surface area contributed by atoms with Crippen LogP contribution in [0.25, 0.3) is 0 Å². The number of nitrogens with one attached hydrogen (secondary N) is 1. The van der Waals surface area contributed by atoms with Crippen LogP contribution in [0.2, 0.25) is 0 Å². The van der Waals surface area contributed by atoms with E-state index in [0.29, 0.717) is 12.1 Å². The van der Waals surface area contributed by atoms with Crippen molar-refractivity contribution >= 4 is 0 Å². The monoisotopic (exact) mass is 213 g/mol. The topological polar surface area (TPSA) is 21.3 Å². The molecule has 15 heavy (non-hydrogen) atoms. The summed E-state index contributed by atoms with van der Waals surface area (Å²) in [5.41, 5.74) is 0. The molecule has 90 valence electrons. The average Bonchev–Trinajstić information content (AvgIpc) is 2.29. The van der Waals surface area contributed by atoms with Gasteiger partial charge < -0.3 is 10.1 Å². The van der Waals surface area contributed by atoms with Crippen molar-refractivity contribution in [3.05, 3.63) is 0 Å². The normalized spacial score (nSPS) is 22.6. The molecule has 1 N–H and O–H groups in total. The predicted octanol–water partition coefficient (Wildman–Crippen LogP) is 2.97. The molecule has 2 unspecified atom stereocenters. The van der Waals surface area contributed by atoms with Crippen LogP contribution in [0.15, 0.2) is 0 Å². The van der Waals surface area contributed by atoms with E-state index in [1.54, 1.807) is 0 Å². The summed E-state index contributed by atoms with van der Waals surface area (Å²) in [6.07, 6.45) is 8.49. The summed E-state index contributed by atoms with van der Waals surface area (Å²) in [5.74, 6) is 0.829. The van der Waals surface area contributed by atoms with Crippen molar-refractivity contribution in [1.82, 2.24) is 5.32 Å². The standard InChI is InChI=1S/C13H27NO/c1-4-13(14-3)11(2)15-10-12-8-6-5-7-9-12/h11-14H,4-10H2,1-3H3. The van der Waals surface area contributed by atoms with Gasteiger partial charge in [0.25, 0.3) is 0 Å². The smallest absolute Gasteiger partial charge is 0.0699 e. The molecule has 1 aliphatic carbocycles. The largest absolute Gasteiger partial charge is 0.377 e. The minimum atomic E-state index is 0.349. The van der Waals surface area contributed by atoms with Crippen LogP contribution < -0.4 is 5.32 Å². The highest BCUT2D eigenvalue weighted by atomic mass is 16.5. The van der Waals surface area contributed by atoms with Crippen LogP contribution >= 0.6 is 0 Å². The third kappa shape index (κ3) is 4.52. The number of hydrogen-bond acceptors (Lipinski definition) is 2. The van der Waals surface area contributed by atoms with Crippen LogP contribution in [0.5, 0.6) is 0 Å². The van der Waals surface area contributed by atoms with E-state index in [2.05, 4.69) is 19.2 Å². The molecular formula is C13H27NO. The summed E-state index contributed by atoms with van der Waals surface area (Å²) >= 11 is 0. The molecule has 0 heterocycles. The molecule has 0 spiro atoms. The van der Waals surface area contributed by atoms with E-state index in [9.17, 15) is 0 Å². The SMILES string of the molecule is CCC(NC)C(C)OCC1CCCCC1. The van der Waals surface area contributed by atoms with Gasteiger partial charge in [0.05, 0.1) is 6.10 Å². The molecule has 0 saturated heterocycles. The molecule has 0 amide bonds. The van der Waals surface area contributed by atoms with Crippen LogP contribution in [0, 0.1) is 5.92 Å². The van der Waals surface area contributed by atoms with Gasteiger partial charge in [0, 0.05) is 12.6 Å². The Bertz CT molecular complexity index is 151. The molecular weight excluding hydrogens is 186 g/mol. The molecule has 2 nitrogen and oxygen atoms in total. The summed E-state index contributed by atoms with van der Waals surface area (Å²) in [4.78, 5) is 0. The van der Waals surface area contributed by atoms with Gasteiger partial charge in [-0.05, 0) is 39.2 Å². The lowest BCUT2D eigenvalue weighted by molar-refractivity contribution is 0.0107. The zero-order chi connectivity index (χ0) is 11.1. The molecule has 0 radical (unpaired) electrons. The van der Waals surface area contributed by atoms with Crippen molar-refractivity contribution in [2.24, 2.45) is 5.92 Å². The van der Waals surface area contributed by atoms with Crippen LogP contribution in [-0.2, 0) is 4.74 Å². The first-order valence-electron chi connectivity index (χ1n) is 6.56. The van der Waals surface area contributed by atoms with Crippen LogP contribution in [0.1, 0.15) is 52.4 Å². The van der Waals surface area contributed by atoms with E-state index >= 15 is 0 Å². The van der Waals surface area contributed by atoms with Crippen LogP contribution in [0.3, 0.4) is 0 Å². The highest BCUT2D eigenvalue weighted by Gasteiger charge is 2.18. The van der Waals surface area contributed by atoms with Crippen molar-refractivity contribution in [2.75, 3.05) is 13.7 Å². The van der Waals surface area contributed by atoms with Gasteiger partial charge in [-0.25, -0.2) is 0 Å². The van der Waals surface area contributed by atoms with Gasteiger partial charge in [0.1, 0.15) is 0 Å². The maximum absolute atomic E-state index is 5.96. The summed E-state index contributed by atoms with van der Waals surface area (Å²) in [7, 11) is 2.02. The van der Waals surface area contributed by atoms with Crippen molar-refractivity contribution in [2.45, 2.75) is 64.5 Å². The zero-order valence-electron chi connectivity index (χ0n) is 10.6. The van der Waals surface area contributed by atoms with Crippen molar-refractivity contribution < 1.29 is 4.74 Å². The van der Waals surface area contributed by atoms with E-state index in [1.165, 1.54) is 32.1 Å². The lowest BCUT2D eigenvalue weighted by Crippen LogP contribution is -2.37. The quantitative estimate of drug-likeness (QED) is 0.732. The Labute approximate surface area is 94.8 Å². The minimum absolute atomic E-state index is 0.349. The Morgan fingerprint density at radius 3 is 2.47 bits per heavy atom. The molecule has 2 heteroatoms. The third-order valence-corrected chi connectivity index (χ3v) is 3.70. The molecule has 0 aromatic heterocycles. The van der Waals surface area contributed by atoms with Gasteiger partial charge in [-0.2, -0.15) is 0 Å². The fourth-order valence-corrected chi connectivity index (χ4v) is 2.53. The highest BCUT2D eigenvalue weighted by molar-refractivity contribution is 4.71. The predicted molar refractivity (Wildman–Crippen MR) is 65.1 cm³/mol. The second-order valence-corrected chi connectivity index (χ2v) is 4.85. The van der Waals surface area contributed by atoms with Crippen LogP contribution in [0.4, 0.5) is 0 Å². The Hall–Kier alpha value is -0.0800. The first kappa shape index (κ1) is 13.0. The van der Waals surface area contributed by atoms with Crippen molar-refractivity contribution in [1.29, 1.82) is 0 Å². The summed E-state index contributed by atoms with van der Waals surface area (Å²) < 4.78 is 5.96. The number of hydrogen-bond donors (Lipinski definition) is 1. The van der Waals surface area contributed by atoms with Gasteiger partial charge in [0.2, 0.25) is 0 Å². The summed E-state index contributed by atoms with van der Waals surface area (Å²) in [6, 6.07) is 0.508. The fourth-order valence-electron chi connectivity index (χ4n) is 2.53. The lowest BCUT2D eigenvalue weighted by atomic mass is 9.90. The van der Waals surface area contributed by atoms with Gasteiger partial charge in [-0.1, -0.05) is 26.2 Å². The molecule has 2 atom stereocenters. The molecule has 1 rings (SSSR count). The van der Waals surface area contributed by atoms with Crippen molar-refractivity contribution in [3.8, 4) is 0 Å². The Morgan fingerprint density at radius 1 is 1.27 bits per heavy atom. The fraction of sp³-hybridized carbons (Fsp3) is 1.00. The Morgan fingerprint density at radius 2 is 1.93 bits per heavy atom. The molecule has 0 aliphatic heterocycles. The minimum Gasteiger partial charge on any atom is -0.377 e. The third-order valence-electron chi connectivity index (χ3n) is 3.70. The summed E-state index contributed by atoms with van der Waals surface area (Å²) in [5, 5.41) is 3.31. The average molecular weight is 213 g/mol. The van der Waals surface area contributed by atoms with Gasteiger partial charge in [-0.3, -0.25) is 0 Å². The first-order valence-corrected chi connectivity index (χ1v) is 6.56. The van der Waals surface area contributed by atoms with E-state index in [0.717, 1.165) is 18.9 Å². The molecule has 1 fully saturated rings. The van der Waals surface area contributed by atoms with Crippen LogP contribution in [-0.4, -0.2) is 25.8 Å². The highest BCUT2D eigenvalue weighted by Crippen LogP contribution is 2.24. The Kier molecular flexibility index (Phi) is 6.26. The van der Waals surface area contributed by atoms with Crippen molar-refractivity contribution in [3.63, 3.8) is 0 Å². The molecule has 0 bridgehead atoms. The Balaban J connectivity index is 2.16. The second-order valence-electron chi connectivity index (χ2n) is 4.85. The van der Waals surface area contributed by atoms with Gasteiger partial charge in [0.15, 0.2) is 0 Å². The maximum Gasteiger partial charge on any atom is 0.0699 e. The van der Waals surface area contributed by atoms with E-state index in [1.807, 2.05) is 7.05 Å². The van der Waals surface area contributed by atoms with E-state index in [4.69, 9.17) is 4.74 Å². The molecule has 0 aromatic rings. The molecule has 1 aliphatic rings. The molecule has 0 aromatic carbocycles. The first-order chi connectivity index (χ1) is 7.27. The zero-order valence-corrected chi connectivity index (χ0v) is 10.6. The number of ether oxygens (including phenoxy) is 1. The number of rotatable bonds is 6. The molecule has 1 saturated carbocycles. The van der Waals surface area contributed by atoms with Gasteiger partial charge in [-0.15, -0.1) is 0 Å². The number of likely N-dealkylation sites (N-methyl/N-ethyl adjacent to an activating group) is 1. The lowest BCUT2D eigenvalue weighted by Gasteiger charge is -2.27. The maximum atomic E-state index is 5.96. The van der Waals surface area contributed by atoms with Gasteiger partial charge >= 0.3 is 0 Å².